The number of carbonyl (C=O) groups excluding carboxylic acids is 2. The molecule has 0 radical (unpaired) electrons. The number of hydrogen-bond donors (Lipinski definition) is 3. The van der Waals surface area contributed by atoms with Crippen molar-refractivity contribution in [2.75, 3.05) is 11.9 Å². The van der Waals surface area contributed by atoms with Gasteiger partial charge in [0.1, 0.15) is 6.61 Å². The molecule has 0 bridgehead atoms. The van der Waals surface area contributed by atoms with E-state index < -0.39 is 6.03 Å². The number of nitrogens with two attached hydrogens (primary N) is 1. The van der Waals surface area contributed by atoms with Crippen molar-refractivity contribution in [2.45, 2.75) is 13.2 Å². The molecular formula is C17H18ClN3O3. The zero-order valence-electron chi connectivity index (χ0n) is 12.9. The largest absolute Gasteiger partial charge is 0.367 e. The second kappa shape index (κ2) is 8.90. The number of urea groups is 1. The maximum Gasteiger partial charge on any atom is 0.316 e. The highest BCUT2D eigenvalue weighted by Crippen LogP contribution is 2.15. The normalized spacial score (nSPS) is 10.2. The van der Waals surface area contributed by atoms with Crippen LogP contribution in [0.25, 0.3) is 0 Å². The first-order valence-electron chi connectivity index (χ1n) is 7.28. The Kier molecular flexibility index (Phi) is 6.60. The van der Waals surface area contributed by atoms with Crippen LogP contribution in [0.5, 0.6) is 0 Å². The Morgan fingerprint density at radius 2 is 1.79 bits per heavy atom. The van der Waals surface area contributed by atoms with E-state index in [1.807, 2.05) is 18.2 Å². The summed E-state index contributed by atoms with van der Waals surface area (Å²) in [6.07, 6.45) is 0. The number of hydrogen-bond acceptors (Lipinski definition) is 3. The topological polar surface area (TPSA) is 93.5 Å². The molecule has 0 fully saturated rings. The number of rotatable bonds is 7. The first kappa shape index (κ1) is 17.8. The summed E-state index contributed by atoms with van der Waals surface area (Å²) >= 11 is 6.01. The Morgan fingerprint density at radius 1 is 1.08 bits per heavy atom. The minimum absolute atomic E-state index is 0.0491. The van der Waals surface area contributed by atoms with Crippen molar-refractivity contribution in [2.24, 2.45) is 5.73 Å². The molecule has 0 spiro atoms. The molecule has 0 unspecified atom stereocenters. The zero-order valence-corrected chi connectivity index (χ0v) is 13.7. The molecule has 2 aromatic carbocycles. The monoisotopic (exact) mass is 347 g/mol. The van der Waals surface area contributed by atoms with Gasteiger partial charge in [-0.15, -0.1) is 0 Å². The molecule has 24 heavy (non-hydrogen) atoms. The van der Waals surface area contributed by atoms with Crippen molar-refractivity contribution >= 4 is 29.2 Å². The SMILES string of the molecule is NC(=O)Nc1ccc(CNC(=O)COCc2ccccc2Cl)cc1. The molecule has 0 aromatic heterocycles. The molecule has 0 aliphatic rings. The van der Waals surface area contributed by atoms with Gasteiger partial charge in [0, 0.05) is 17.3 Å². The van der Waals surface area contributed by atoms with Crippen LogP contribution in [0.1, 0.15) is 11.1 Å². The molecule has 0 saturated carbocycles. The van der Waals surface area contributed by atoms with Crippen molar-refractivity contribution in [3.63, 3.8) is 0 Å². The Morgan fingerprint density at radius 3 is 2.46 bits per heavy atom. The van der Waals surface area contributed by atoms with Gasteiger partial charge in [0.2, 0.25) is 5.91 Å². The number of halogens is 1. The average Bonchev–Trinajstić information content (AvgIpc) is 2.55. The van der Waals surface area contributed by atoms with Crippen LogP contribution in [0, 0.1) is 0 Å². The highest BCUT2D eigenvalue weighted by Gasteiger charge is 2.04. The van der Waals surface area contributed by atoms with Gasteiger partial charge in [-0.05, 0) is 29.3 Å². The van der Waals surface area contributed by atoms with Crippen molar-refractivity contribution in [1.82, 2.24) is 5.32 Å². The number of primary amides is 1. The van der Waals surface area contributed by atoms with Gasteiger partial charge in [-0.3, -0.25) is 4.79 Å². The van der Waals surface area contributed by atoms with E-state index in [0.717, 1.165) is 11.1 Å². The molecular weight excluding hydrogens is 330 g/mol. The van der Waals surface area contributed by atoms with Crippen LogP contribution in [-0.4, -0.2) is 18.5 Å². The minimum Gasteiger partial charge on any atom is -0.367 e. The molecule has 0 aliphatic carbocycles. The molecule has 0 saturated heterocycles. The van der Waals surface area contributed by atoms with Crippen LogP contribution < -0.4 is 16.4 Å². The van der Waals surface area contributed by atoms with Gasteiger partial charge < -0.3 is 21.1 Å². The number of carbonyl (C=O) groups is 2. The van der Waals surface area contributed by atoms with E-state index in [1.165, 1.54) is 0 Å². The van der Waals surface area contributed by atoms with E-state index in [-0.39, 0.29) is 19.1 Å². The number of amides is 3. The third-order valence-electron chi connectivity index (χ3n) is 3.16. The molecule has 7 heteroatoms. The molecule has 6 nitrogen and oxygen atoms in total. The fraction of sp³-hybridized carbons (Fsp3) is 0.176. The predicted octanol–water partition coefficient (Wildman–Crippen LogP) is 2.66. The summed E-state index contributed by atoms with van der Waals surface area (Å²) in [5.74, 6) is -0.221. The lowest BCUT2D eigenvalue weighted by Gasteiger charge is -2.08. The highest BCUT2D eigenvalue weighted by atomic mass is 35.5. The minimum atomic E-state index is -0.619. The maximum absolute atomic E-state index is 11.8. The van der Waals surface area contributed by atoms with Crippen LogP contribution in [-0.2, 0) is 22.7 Å². The zero-order chi connectivity index (χ0) is 17.4. The van der Waals surface area contributed by atoms with Gasteiger partial charge in [0.05, 0.1) is 6.61 Å². The van der Waals surface area contributed by atoms with E-state index in [4.69, 9.17) is 22.1 Å². The number of ether oxygens (including phenoxy) is 1. The highest BCUT2D eigenvalue weighted by molar-refractivity contribution is 6.31. The summed E-state index contributed by atoms with van der Waals surface area (Å²) in [4.78, 5) is 22.5. The fourth-order valence-electron chi connectivity index (χ4n) is 1.97. The third kappa shape index (κ3) is 5.91. The van der Waals surface area contributed by atoms with Crippen molar-refractivity contribution in [3.05, 3.63) is 64.7 Å². The number of anilines is 1. The summed E-state index contributed by atoms with van der Waals surface area (Å²) in [5.41, 5.74) is 7.36. The first-order chi connectivity index (χ1) is 11.5. The van der Waals surface area contributed by atoms with Crippen molar-refractivity contribution in [3.8, 4) is 0 Å². The Labute approximate surface area is 144 Å². The molecule has 4 N–H and O–H groups in total. The number of nitrogens with one attached hydrogen (secondary N) is 2. The van der Waals surface area contributed by atoms with Crippen LogP contribution in [0.15, 0.2) is 48.5 Å². The molecule has 0 atom stereocenters. The molecule has 2 rings (SSSR count). The maximum atomic E-state index is 11.8. The standard InChI is InChI=1S/C17H18ClN3O3/c18-15-4-2-1-3-13(15)10-24-11-16(22)20-9-12-5-7-14(8-6-12)21-17(19)23/h1-8H,9-11H2,(H,20,22)(H3,19,21,23). The van der Waals surface area contributed by atoms with Gasteiger partial charge >= 0.3 is 6.03 Å². The van der Waals surface area contributed by atoms with E-state index in [0.29, 0.717) is 17.3 Å². The lowest BCUT2D eigenvalue weighted by Crippen LogP contribution is -2.27. The quantitative estimate of drug-likeness (QED) is 0.718. The van der Waals surface area contributed by atoms with Gasteiger partial charge in [-0.2, -0.15) is 0 Å². The second-order valence-electron chi connectivity index (χ2n) is 5.05. The Hall–Kier alpha value is -2.57. The predicted molar refractivity (Wildman–Crippen MR) is 92.6 cm³/mol. The number of benzene rings is 2. The Bertz CT molecular complexity index is 704. The van der Waals surface area contributed by atoms with E-state index in [2.05, 4.69) is 10.6 Å². The summed E-state index contributed by atoms with van der Waals surface area (Å²) in [6.45, 7) is 0.595. The summed E-state index contributed by atoms with van der Waals surface area (Å²) in [6, 6.07) is 13.7. The van der Waals surface area contributed by atoms with Crippen molar-refractivity contribution in [1.29, 1.82) is 0 Å². The lowest BCUT2D eigenvalue weighted by atomic mass is 10.2. The lowest BCUT2D eigenvalue weighted by molar-refractivity contribution is -0.126. The first-order valence-corrected chi connectivity index (χ1v) is 7.65. The summed E-state index contributed by atoms with van der Waals surface area (Å²) in [5, 5.41) is 5.83. The summed E-state index contributed by atoms with van der Waals surface area (Å²) in [7, 11) is 0. The molecule has 0 heterocycles. The molecule has 2 aromatic rings. The Balaban J connectivity index is 1.71. The second-order valence-corrected chi connectivity index (χ2v) is 5.45. The van der Waals surface area contributed by atoms with E-state index in [9.17, 15) is 9.59 Å². The van der Waals surface area contributed by atoms with E-state index >= 15 is 0 Å². The summed E-state index contributed by atoms with van der Waals surface area (Å²) < 4.78 is 5.36. The van der Waals surface area contributed by atoms with Crippen molar-refractivity contribution < 1.29 is 14.3 Å². The van der Waals surface area contributed by atoms with Crippen LogP contribution in [0.2, 0.25) is 5.02 Å². The van der Waals surface area contributed by atoms with Gasteiger partial charge in [-0.1, -0.05) is 41.9 Å². The van der Waals surface area contributed by atoms with Crippen LogP contribution >= 0.6 is 11.6 Å². The van der Waals surface area contributed by atoms with Crippen LogP contribution in [0.4, 0.5) is 10.5 Å². The van der Waals surface area contributed by atoms with Gasteiger partial charge in [-0.25, -0.2) is 4.79 Å². The van der Waals surface area contributed by atoms with Crippen LogP contribution in [0.3, 0.4) is 0 Å². The fourth-order valence-corrected chi connectivity index (χ4v) is 2.16. The molecule has 3 amide bonds. The van der Waals surface area contributed by atoms with E-state index in [1.54, 1.807) is 30.3 Å². The third-order valence-corrected chi connectivity index (χ3v) is 3.53. The average molecular weight is 348 g/mol. The molecule has 0 aliphatic heterocycles. The van der Waals surface area contributed by atoms with Gasteiger partial charge in [0.25, 0.3) is 0 Å². The van der Waals surface area contributed by atoms with Gasteiger partial charge in [0.15, 0.2) is 0 Å². The molecule has 126 valence electrons. The smallest absolute Gasteiger partial charge is 0.316 e.